The summed E-state index contributed by atoms with van der Waals surface area (Å²) in [6, 6.07) is 6.19. The van der Waals surface area contributed by atoms with Gasteiger partial charge in [0.2, 0.25) is 5.88 Å². The monoisotopic (exact) mass is 431 g/mol. The molecule has 0 aliphatic heterocycles. The number of methoxy groups -OCH3 is 1. The Hall–Kier alpha value is -2.12. The quantitative estimate of drug-likeness (QED) is 0.631. The fourth-order valence-corrected chi connectivity index (χ4v) is 3.95. The first-order chi connectivity index (χ1) is 14.7. The van der Waals surface area contributed by atoms with Gasteiger partial charge in [-0.1, -0.05) is 19.9 Å². The van der Waals surface area contributed by atoms with Crippen LogP contribution in [0, 0.1) is 5.92 Å². The summed E-state index contributed by atoms with van der Waals surface area (Å²) in [6.45, 7) is 9.23. The summed E-state index contributed by atoms with van der Waals surface area (Å²) in [7, 11) is 1.67. The molecule has 1 aromatic heterocycles. The van der Waals surface area contributed by atoms with E-state index < -0.39 is 5.60 Å². The molecule has 0 radical (unpaired) electrons. The Bertz CT molecular complexity index is 882. The third kappa shape index (κ3) is 5.98. The molecule has 172 valence electrons. The molecule has 1 aromatic carbocycles. The average Bonchev–Trinajstić information content (AvgIpc) is 3.04. The number of aliphatic hydroxyl groups is 1. The van der Waals surface area contributed by atoms with Crippen molar-refractivity contribution < 1.29 is 19.4 Å². The summed E-state index contributed by atoms with van der Waals surface area (Å²) in [5.41, 5.74) is 0.955. The number of amides is 1. The number of hydrogen-bond donors (Lipinski definition) is 2. The standard InChI is InChI=1S/C24H37N3O4/c1-16(2)12-13-27-21-11-6-17(15-30-5)14-20(21)22(26-27)31-24(3,4)23(29)25-18-7-9-19(28)10-8-18/h6,11,14,16,18-19,28H,7-10,12-13,15H2,1-5H3,(H,25,29). The molecule has 2 aromatic rings. The molecule has 31 heavy (non-hydrogen) atoms. The minimum atomic E-state index is -1.07. The van der Waals surface area contributed by atoms with E-state index in [4.69, 9.17) is 14.6 Å². The van der Waals surface area contributed by atoms with E-state index in [0.29, 0.717) is 18.4 Å². The summed E-state index contributed by atoms with van der Waals surface area (Å²) >= 11 is 0. The van der Waals surface area contributed by atoms with Gasteiger partial charge in [-0.05, 0) is 69.6 Å². The second-order valence-electron chi connectivity index (χ2n) is 9.59. The van der Waals surface area contributed by atoms with E-state index in [-0.39, 0.29) is 18.1 Å². The van der Waals surface area contributed by atoms with Crippen molar-refractivity contribution >= 4 is 16.8 Å². The van der Waals surface area contributed by atoms with E-state index in [1.54, 1.807) is 21.0 Å². The normalized spacial score (nSPS) is 19.7. The molecule has 7 heteroatoms. The topological polar surface area (TPSA) is 85.6 Å². The summed E-state index contributed by atoms with van der Waals surface area (Å²) < 4.78 is 13.5. The number of rotatable bonds is 9. The smallest absolute Gasteiger partial charge is 0.263 e. The molecule has 0 saturated heterocycles. The Labute approximate surface area is 185 Å². The van der Waals surface area contributed by atoms with E-state index in [1.807, 2.05) is 22.9 Å². The number of nitrogens with one attached hydrogen (secondary N) is 1. The van der Waals surface area contributed by atoms with Crippen molar-refractivity contribution in [1.29, 1.82) is 0 Å². The number of aromatic nitrogens is 2. The maximum atomic E-state index is 13.0. The highest BCUT2D eigenvalue weighted by atomic mass is 16.5. The lowest BCUT2D eigenvalue weighted by Gasteiger charge is -2.30. The van der Waals surface area contributed by atoms with Crippen LogP contribution in [0.25, 0.3) is 10.9 Å². The van der Waals surface area contributed by atoms with Gasteiger partial charge in [-0.2, -0.15) is 0 Å². The number of carbonyl (C=O) groups is 1. The van der Waals surface area contributed by atoms with Gasteiger partial charge in [-0.3, -0.25) is 9.48 Å². The Morgan fingerprint density at radius 2 is 2.00 bits per heavy atom. The maximum absolute atomic E-state index is 13.0. The Morgan fingerprint density at radius 1 is 1.29 bits per heavy atom. The fraction of sp³-hybridized carbons (Fsp3) is 0.667. The SMILES string of the molecule is COCc1ccc2c(c1)c(OC(C)(C)C(=O)NC1CCC(O)CC1)nn2CCC(C)C. The predicted molar refractivity (Wildman–Crippen MR) is 121 cm³/mol. The Kier molecular flexibility index (Phi) is 7.59. The van der Waals surface area contributed by atoms with E-state index in [2.05, 4.69) is 19.2 Å². The van der Waals surface area contributed by atoms with Crippen LogP contribution in [0.1, 0.15) is 65.4 Å². The van der Waals surface area contributed by atoms with Crippen LogP contribution in [0.5, 0.6) is 5.88 Å². The van der Waals surface area contributed by atoms with Gasteiger partial charge in [0.1, 0.15) is 0 Å². The number of ether oxygens (including phenoxy) is 2. The lowest BCUT2D eigenvalue weighted by Crippen LogP contribution is -2.51. The largest absolute Gasteiger partial charge is 0.460 e. The van der Waals surface area contributed by atoms with Crippen LogP contribution in [-0.4, -0.2) is 45.7 Å². The van der Waals surface area contributed by atoms with E-state index >= 15 is 0 Å². The van der Waals surface area contributed by atoms with Crippen molar-refractivity contribution in [3.63, 3.8) is 0 Å². The van der Waals surface area contributed by atoms with Gasteiger partial charge in [0.15, 0.2) is 5.60 Å². The van der Waals surface area contributed by atoms with Crippen molar-refractivity contribution in [3.05, 3.63) is 23.8 Å². The number of nitrogens with zero attached hydrogens (tertiary/aromatic N) is 2. The van der Waals surface area contributed by atoms with Crippen LogP contribution in [0.15, 0.2) is 18.2 Å². The molecule has 0 spiro atoms. The molecule has 1 aliphatic carbocycles. The van der Waals surface area contributed by atoms with Crippen molar-refractivity contribution in [3.8, 4) is 5.88 Å². The molecule has 2 N–H and O–H groups in total. The van der Waals surface area contributed by atoms with E-state index in [9.17, 15) is 9.90 Å². The minimum Gasteiger partial charge on any atom is -0.460 e. The Balaban J connectivity index is 1.81. The molecule has 1 heterocycles. The van der Waals surface area contributed by atoms with Crippen LogP contribution in [0.4, 0.5) is 0 Å². The number of aliphatic hydroxyl groups excluding tert-OH is 1. The molecular formula is C24H37N3O4. The van der Waals surface area contributed by atoms with Gasteiger partial charge in [-0.25, -0.2) is 0 Å². The van der Waals surface area contributed by atoms with Gasteiger partial charge in [-0.15, -0.1) is 5.10 Å². The van der Waals surface area contributed by atoms with Gasteiger partial charge in [0.05, 0.1) is 23.6 Å². The van der Waals surface area contributed by atoms with Crippen LogP contribution in [0.3, 0.4) is 0 Å². The van der Waals surface area contributed by atoms with Gasteiger partial charge in [0, 0.05) is 19.7 Å². The van der Waals surface area contributed by atoms with Crippen LogP contribution < -0.4 is 10.1 Å². The number of carbonyl (C=O) groups excluding carboxylic acids is 1. The average molecular weight is 432 g/mol. The molecule has 1 fully saturated rings. The first kappa shape index (κ1) is 23.5. The zero-order valence-electron chi connectivity index (χ0n) is 19.5. The lowest BCUT2D eigenvalue weighted by molar-refractivity contribution is -0.135. The summed E-state index contributed by atoms with van der Waals surface area (Å²) in [4.78, 5) is 13.0. The lowest BCUT2D eigenvalue weighted by atomic mass is 9.92. The molecule has 1 aliphatic rings. The molecule has 1 saturated carbocycles. The fourth-order valence-electron chi connectivity index (χ4n) is 3.95. The number of aryl methyl sites for hydroxylation is 1. The second-order valence-corrected chi connectivity index (χ2v) is 9.59. The van der Waals surface area contributed by atoms with E-state index in [0.717, 1.165) is 55.1 Å². The highest BCUT2D eigenvalue weighted by molar-refractivity contribution is 5.88. The minimum absolute atomic E-state index is 0.0763. The van der Waals surface area contributed by atoms with Gasteiger partial charge in [0.25, 0.3) is 5.91 Å². The van der Waals surface area contributed by atoms with Gasteiger partial charge < -0.3 is 19.9 Å². The number of fused-ring (bicyclic) bond motifs is 1. The first-order valence-electron chi connectivity index (χ1n) is 11.4. The van der Waals surface area contributed by atoms with Crippen molar-refractivity contribution in [1.82, 2.24) is 15.1 Å². The number of benzene rings is 1. The Morgan fingerprint density at radius 3 is 2.65 bits per heavy atom. The van der Waals surface area contributed by atoms with Crippen molar-refractivity contribution in [2.45, 2.75) is 90.7 Å². The van der Waals surface area contributed by atoms with E-state index in [1.165, 1.54) is 0 Å². The molecular weight excluding hydrogens is 394 g/mol. The van der Waals surface area contributed by atoms with Crippen molar-refractivity contribution in [2.75, 3.05) is 7.11 Å². The summed E-state index contributed by atoms with van der Waals surface area (Å²) in [5.74, 6) is 0.871. The zero-order chi connectivity index (χ0) is 22.6. The highest BCUT2D eigenvalue weighted by Gasteiger charge is 2.34. The third-order valence-electron chi connectivity index (χ3n) is 5.94. The molecule has 3 rings (SSSR count). The summed E-state index contributed by atoms with van der Waals surface area (Å²) in [5, 5.41) is 18.4. The van der Waals surface area contributed by atoms with Crippen LogP contribution in [-0.2, 0) is 22.7 Å². The second kappa shape index (κ2) is 10.0. The zero-order valence-corrected chi connectivity index (χ0v) is 19.5. The molecule has 7 nitrogen and oxygen atoms in total. The van der Waals surface area contributed by atoms with Gasteiger partial charge >= 0.3 is 0 Å². The maximum Gasteiger partial charge on any atom is 0.263 e. The highest BCUT2D eigenvalue weighted by Crippen LogP contribution is 2.30. The van der Waals surface area contributed by atoms with Crippen LogP contribution in [0.2, 0.25) is 0 Å². The number of hydrogen-bond acceptors (Lipinski definition) is 5. The van der Waals surface area contributed by atoms with Crippen molar-refractivity contribution in [2.24, 2.45) is 5.92 Å². The predicted octanol–water partition coefficient (Wildman–Crippen LogP) is 3.81. The van der Waals surface area contributed by atoms with Crippen LogP contribution >= 0.6 is 0 Å². The molecule has 0 atom stereocenters. The molecule has 0 bridgehead atoms. The summed E-state index contributed by atoms with van der Waals surface area (Å²) in [6.07, 6.45) is 3.78. The molecule has 0 unspecified atom stereocenters. The molecule has 1 amide bonds. The third-order valence-corrected chi connectivity index (χ3v) is 5.94. The first-order valence-corrected chi connectivity index (χ1v) is 11.4.